The molecule has 2 nitrogen and oxygen atoms in total. The Bertz CT molecular complexity index is 370. The predicted molar refractivity (Wildman–Crippen MR) is 84.8 cm³/mol. The zero-order valence-electron chi connectivity index (χ0n) is 12.8. The smallest absolute Gasteiger partial charge is 0.0417 e. The third-order valence-corrected chi connectivity index (χ3v) is 5.99. The van der Waals surface area contributed by atoms with E-state index in [0.29, 0.717) is 17.6 Å². The third kappa shape index (κ3) is 3.04. The number of thiophene rings is 1. The highest BCUT2D eigenvalue weighted by Crippen LogP contribution is 2.32. The molecule has 1 N–H and O–H groups in total. The fraction of sp³-hybridized carbons (Fsp3) is 0.750. The maximum atomic E-state index is 3.82. The minimum Gasteiger partial charge on any atom is -0.308 e. The van der Waals surface area contributed by atoms with Crippen LogP contribution in [0.5, 0.6) is 0 Å². The van der Waals surface area contributed by atoms with Gasteiger partial charge < -0.3 is 5.32 Å². The van der Waals surface area contributed by atoms with Crippen LogP contribution in [-0.4, -0.2) is 29.6 Å². The predicted octanol–water partition coefficient (Wildman–Crippen LogP) is 4.05. The molecular formula is C16H28N2S. The first-order valence-corrected chi connectivity index (χ1v) is 8.58. The molecule has 1 aliphatic heterocycles. The minimum atomic E-state index is 0.317. The van der Waals surface area contributed by atoms with Gasteiger partial charge in [-0.15, -0.1) is 11.3 Å². The first kappa shape index (κ1) is 15.0. The summed E-state index contributed by atoms with van der Waals surface area (Å²) in [5.74, 6) is 0. The van der Waals surface area contributed by atoms with Gasteiger partial charge in [-0.1, -0.05) is 26.8 Å². The lowest BCUT2D eigenvalue weighted by Crippen LogP contribution is -2.63. The van der Waals surface area contributed by atoms with Gasteiger partial charge in [0.2, 0.25) is 0 Å². The van der Waals surface area contributed by atoms with Crippen molar-refractivity contribution in [1.82, 2.24) is 10.2 Å². The summed E-state index contributed by atoms with van der Waals surface area (Å²) in [6.07, 6.45) is 3.66. The van der Waals surface area contributed by atoms with E-state index >= 15 is 0 Å². The van der Waals surface area contributed by atoms with Crippen molar-refractivity contribution in [2.75, 3.05) is 13.1 Å². The van der Waals surface area contributed by atoms with Gasteiger partial charge in [0.1, 0.15) is 0 Å². The summed E-state index contributed by atoms with van der Waals surface area (Å²) in [5.41, 5.74) is 0.317. The summed E-state index contributed by atoms with van der Waals surface area (Å²) in [6, 6.07) is 5.67. The average molecular weight is 280 g/mol. The fourth-order valence-corrected chi connectivity index (χ4v) is 4.04. The van der Waals surface area contributed by atoms with Gasteiger partial charge in [-0.3, -0.25) is 4.90 Å². The standard InChI is InChI=1S/C16H28N2S/c1-5-14-11-17-16(6-2,7-3)12-18(14)13(4)15-9-8-10-19-15/h8-10,13-14,17H,5-7,11-12H2,1-4H3. The molecule has 19 heavy (non-hydrogen) atoms. The Kier molecular flexibility index (Phi) is 5.04. The van der Waals surface area contributed by atoms with E-state index in [9.17, 15) is 0 Å². The van der Waals surface area contributed by atoms with Gasteiger partial charge >= 0.3 is 0 Å². The van der Waals surface area contributed by atoms with E-state index in [0.717, 1.165) is 6.54 Å². The second-order valence-electron chi connectivity index (χ2n) is 5.79. The van der Waals surface area contributed by atoms with Crippen LogP contribution >= 0.6 is 11.3 Å². The molecule has 0 aliphatic carbocycles. The van der Waals surface area contributed by atoms with Gasteiger partial charge in [0.25, 0.3) is 0 Å². The van der Waals surface area contributed by atoms with E-state index in [4.69, 9.17) is 0 Å². The second-order valence-corrected chi connectivity index (χ2v) is 6.77. The molecule has 2 atom stereocenters. The lowest BCUT2D eigenvalue weighted by molar-refractivity contribution is 0.0411. The molecule has 1 fully saturated rings. The van der Waals surface area contributed by atoms with Crippen LogP contribution in [0.4, 0.5) is 0 Å². The zero-order valence-corrected chi connectivity index (χ0v) is 13.6. The molecule has 0 amide bonds. The largest absolute Gasteiger partial charge is 0.308 e. The minimum absolute atomic E-state index is 0.317. The quantitative estimate of drug-likeness (QED) is 0.875. The molecule has 3 heteroatoms. The van der Waals surface area contributed by atoms with Gasteiger partial charge in [-0.2, -0.15) is 0 Å². The van der Waals surface area contributed by atoms with Crippen LogP contribution in [0.1, 0.15) is 57.9 Å². The molecule has 0 bridgehead atoms. The van der Waals surface area contributed by atoms with E-state index in [2.05, 4.69) is 55.4 Å². The Morgan fingerprint density at radius 3 is 2.68 bits per heavy atom. The number of hydrogen-bond acceptors (Lipinski definition) is 3. The van der Waals surface area contributed by atoms with Crippen LogP contribution in [-0.2, 0) is 0 Å². The van der Waals surface area contributed by atoms with E-state index in [-0.39, 0.29) is 0 Å². The summed E-state index contributed by atoms with van der Waals surface area (Å²) in [6.45, 7) is 11.6. The maximum Gasteiger partial charge on any atom is 0.0417 e. The molecule has 2 heterocycles. The zero-order chi connectivity index (χ0) is 13.9. The van der Waals surface area contributed by atoms with Gasteiger partial charge in [0.15, 0.2) is 0 Å². The monoisotopic (exact) mass is 280 g/mol. The fourth-order valence-electron chi connectivity index (χ4n) is 3.23. The summed E-state index contributed by atoms with van der Waals surface area (Å²) in [4.78, 5) is 4.23. The highest BCUT2D eigenvalue weighted by atomic mass is 32.1. The van der Waals surface area contributed by atoms with Crippen molar-refractivity contribution in [3.05, 3.63) is 22.4 Å². The molecule has 0 spiro atoms. The number of nitrogens with one attached hydrogen (secondary N) is 1. The Morgan fingerprint density at radius 2 is 2.16 bits per heavy atom. The number of piperazine rings is 1. The highest BCUT2D eigenvalue weighted by Gasteiger charge is 2.38. The van der Waals surface area contributed by atoms with Crippen molar-refractivity contribution < 1.29 is 0 Å². The van der Waals surface area contributed by atoms with Gasteiger partial charge in [0.05, 0.1) is 0 Å². The summed E-state index contributed by atoms with van der Waals surface area (Å²) in [7, 11) is 0. The molecule has 2 unspecified atom stereocenters. The highest BCUT2D eigenvalue weighted by molar-refractivity contribution is 7.10. The summed E-state index contributed by atoms with van der Waals surface area (Å²) >= 11 is 1.89. The molecule has 1 aromatic rings. The van der Waals surface area contributed by atoms with E-state index < -0.39 is 0 Å². The Balaban J connectivity index is 2.18. The Morgan fingerprint density at radius 1 is 1.42 bits per heavy atom. The van der Waals surface area contributed by atoms with Crippen molar-refractivity contribution in [1.29, 1.82) is 0 Å². The molecule has 0 aromatic carbocycles. The van der Waals surface area contributed by atoms with Gasteiger partial charge in [-0.05, 0) is 37.6 Å². The van der Waals surface area contributed by atoms with Crippen LogP contribution in [0.2, 0.25) is 0 Å². The van der Waals surface area contributed by atoms with Crippen molar-refractivity contribution in [2.24, 2.45) is 0 Å². The van der Waals surface area contributed by atoms with Crippen molar-refractivity contribution in [3.63, 3.8) is 0 Å². The Labute approximate surface area is 122 Å². The summed E-state index contributed by atoms with van der Waals surface area (Å²) in [5, 5.41) is 6.02. The van der Waals surface area contributed by atoms with Crippen LogP contribution in [0, 0.1) is 0 Å². The van der Waals surface area contributed by atoms with Gasteiger partial charge in [-0.25, -0.2) is 0 Å². The molecule has 108 valence electrons. The summed E-state index contributed by atoms with van der Waals surface area (Å²) < 4.78 is 0. The molecule has 0 radical (unpaired) electrons. The van der Waals surface area contributed by atoms with Crippen molar-refractivity contribution in [2.45, 2.75) is 64.6 Å². The molecule has 2 rings (SSSR count). The van der Waals surface area contributed by atoms with Crippen LogP contribution < -0.4 is 5.32 Å². The first-order valence-electron chi connectivity index (χ1n) is 7.70. The van der Waals surface area contributed by atoms with Crippen LogP contribution in [0.15, 0.2) is 17.5 Å². The molecule has 1 aromatic heterocycles. The molecule has 0 saturated carbocycles. The van der Waals surface area contributed by atoms with E-state index in [1.165, 1.54) is 30.7 Å². The van der Waals surface area contributed by atoms with Crippen LogP contribution in [0.3, 0.4) is 0 Å². The van der Waals surface area contributed by atoms with E-state index in [1.54, 1.807) is 0 Å². The van der Waals surface area contributed by atoms with Gasteiger partial charge in [0, 0.05) is 35.6 Å². The van der Waals surface area contributed by atoms with Crippen molar-refractivity contribution in [3.8, 4) is 0 Å². The molecule has 1 saturated heterocycles. The number of nitrogens with zero attached hydrogens (tertiary/aromatic N) is 1. The maximum absolute atomic E-state index is 3.82. The SMILES string of the molecule is CCC1CNC(CC)(CC)CN1C(C)c1cccs1. The first-order chi connectivity index (χ1) is 9.15. The Hall–Kier alpha value is -0.380. The topological polar surface area (TPSA) is 15.3 Å². The van der Waals surface area contributed by atoms with Crippen molar-refractivity contribution >= 4 is 11.3 Å². The van der Waals surface area contributed by atoms with Crippen LogP contribution in [0.25, 0.3) is 0 Å². The van der Waals surface area contributed by atoms with E-state index in [1.807, 2.05) is 11.3 Å². The number of hydrogen-bond donors (Lipinski definition) is 1. The third-order valence-electron chi connectivity index (χ3n) is 4.94. The normalized spacial score (nSPS) is 25.4. The lowest BCUT2D eigenvalue weighted by atomic mass is 9.87. The molecular weight excluding hydrogens is 252 g/mol. The molecule has 1 aliphatic rings. The average Bonchev–Trinajstić information content (AvgIpc) is 3.00. The lowest BCUT2D eigenvalue weighted by Gasteiger charge is -2.49. The second kappa shape index (κ2) is 6.38. The number of rotatable bonds is 5.